The van der Waals surface area contributed by atoms with Crippen LogP contribution in [0.1, 0.15) is 0 Å². The van der Waals surface area contributed by atoms with Gasteiger partial charge in [0, 0.05) is 7.11 Å². The van der Waals surface area contributed by atoms with E-state index in [1.54, 1.807) is 0 Å². The Balaban J connectivity index is 0. The number of nitro benzene ring substituents is 3. The van der Waals surface area contributed by atoms with Crippen molar-refractivity contribution >= 4 is 17.1 Å². The molecule has 11 nitrogen and oxygen atoms in total. The quantitative estimate of drug-likeness (QED) is 0.444. The van der Waals surface area contributed by atoms with Gasteiger partial charge in [0.05, 0.1) is 32.7 Å². The first-order valence-electron chi connectivity index (χ1n) is 4.07. The van der Waals surface area contributed by atoms with Gasteiger partial charge in [-0.05, 0) is 0 Å². The van der Waals surface area contributed by atoms with Crippen LogP contribution in [0.5, 0.6) is 5.75 Å². The molecule has 0 atom stereocenters. The predicted molar refractivity (Wildman–Crippen MR) is 54.0 cm³/mol. The van der Waals surface area contributed by atoms with Crippen LogP contribution < -0.4 is 5.11 Å². The summed E-state index contributed by atoms with van der Waals surface area (Å²) in [6, 6.07) is 0.769. The summed E-state index contributed by atoms with van der Waals surface area (Å²) < 4.78 is 0. The van der Waals surface area contributed by atoms with E-state index in [0.29, 0.717) is 12.1 Å². The maximum absolute atomic E-state index is 11.1. The first-order valence-corrected chi connectivity index (χ1v) is 4.07. The molecule has 0 aliphatic heterocycles. The Kier molecular flexibility index (Phi) is 8.21. The van der Waals surface area contributed by atoms with Gasteiger partial charge in [0.15, 0.2) is 0 Å². The van der Waals surface area contributed by atoms with Gasteiger partial charge in [-0.15, -0.1) is 0 Å². The molecule has 0 aliphatic rings. The smallest absolute Gasteiger partial charge is 0.863 e. The normalized spacial score (nSPS) is 8.53. The fourth-order valence-electron chi connectivity index (χ4n) is 0.961. The molecule has 0 heterocycles. The zero-order valence-electron chi connectivity index (χ0n) is 9.10. The second-order valence-electron chi connectivity index (χ2n) is 2.58. The van der Waals surface area contributed by atoms with Gasteiger partial charge in [0.25, 0.3) is 17.1 Å². The largest absolute Gasteiger partial charge is 1.00 e. The number of nitro groups is 3. The molecule has 0 fully saturated rings. The molecule has 1 rings (SSSR count). The molecule has 0 saturated heterocycles. The number of aliphatic hydroxyl groups is 1. The standard InChI is InChI=1S/C6H3N3O7.CH4O.Ag/c10-6-4(8(13)14)1-3(7(11)12)2-5(6)9(15)16;1-2;/h1-2,10H;2H,1H3;/q;;+1/p-1. The van der Waals surface area contributed by atoms with Gasteiger partial charge in [0.2, 0.25) is 0 Å². The minimum absolute atomic E-state index is 0. The van der Waals surface area contributed by atoms with E-state index in [2.05, 4.69) is 0 Å². The van der Waals surface area contributed by atoms with Crippen LogP contribution >= 0.6 is 0 Å². The molecule has 0 aliphatic carbocycles. The van der Waals surface area contributed by atoms with Crippen LogP contribution in [-0.2, 0) is 22.4 Å². The van der Waals surface area contributed by atoms with E-state index in [1.807, 2.05) is 0 Å². The van der Waals surface area contributed by atoms with E-state index in [-0.39, 0.29) is 22.4 Å². The average Bonchev–Trinajstić information content (AvgIpc) is 2.30. The predicted octanol–water partition coefficient (Wildman–Crippen LogP) is 0.0908. The molecule has 19 heavy (non-hydrogen) atoms. The van der Waals surface area contributed by atoms with Crippen LogP contribution in [0.25, 0.3) is 0 Å². The van der Waals surface area contributed by atoms with Crippen molar-refractivity contribution in [3.63, 3.8) is 0 Å². The minimum Gasteiger partial charge on any atom is -0.863 e. The first-order chi connectivity index (χ1) is 8.34. The Hall–Kier alpha value is -2.08. The SMILES string of the molecule is CO.O=[N+]([O-])c1cc([N+](=O)[O-])c([O-])c([N+](=O)[O-])c1.[Ag+]. The minimum atomic E-state index is -1.46. The summed E-state index contributed by atoms with van der Waals surface area (Å²) in [6.07, 6.45) is 0. The van der Waals surface area contributed by atoms with E-state index in [0.717, 1.165) is 7.11 Å². The van der Waals surface area contributed by atoms with Gasteiger partial charge in [-0.25, -0.2) is 0 Å². The number of rotatable bonds is 3. The van der Waals surface area contributed by atoms with E-state index < -0.39 is 37.6 Å². The molecule has 0 amide bonds. The molecule has 1 aromatic carbocycles. The summed E-state index contributed by atoms with van der Waals surface area (Å²) in [5.74, 6) is -1.46. The van der Waals surface area contributed by atoms with E-state index in [1.165, 1.54) is 0 Å². The van der Waals surface area contributed by atoms with Gasteiger partial charge in [-0.3, -0.25) is 30.3 Å². The third-order valence-corrected chi connectivity index (χ3v) is 1.64. The Bertz CT molecular complexity index is 470. The van der Waals surface area contributed by atoms with Crippen molar-refractivity contribution in [1.29, 1.82) is 0 Å². The second kappa shape index (κ2) is 8.10. The van der Waals surface area contributed by atoms with Crippen LogP contribution in [0, 0.1) is 30.3 Å². The fraction of sp³-hybridized carbons (Fsp3) is 0.143. The van der Waals surface area contributed by atoms with E-state index >= 15 is 0 Å². The molecule has 0 bridgehead atoms. The van der Waals surface area contributed by atoms with Crippen LogP contribution in [0.15, 0.2) is 12.1 Å². The topological polar surface area (TPSA) is 173 Å². The van der Waals surface area contributed by atoms with Gasteiger partial charge in [-0.1, -0.05) is 0 Å². The average molecular weight is 368 g/mol. The molecular formula is C7H6AgN3O8. The summed E-state index contributed by atoms with van der Waals surface area (Å²) >= 11 is 0. The maximum Gasteiger partial charge on any atom is 1.00 e. The van der Waals surface area contributed by atoms with Crippen LogP contribution in [0.4, 0.5) is 17.1 Å². The number of nitrogens with zero attached hydrogens (tertiary/aromatic N) is 3. The third-order valence-electron chi connectivity index (χ3n) is 1.64. The van der Waals surface area contributed by atoms with Crippen molar-refractivity contribution in [2.24, 2.45) is 0 Å². The molecule has 1 N–H and O–H groups in total. The summed E-state index contributed by atoms with van der Waals surface area (Å²) in [6.45, 7) is 0. The molecule has 0 aromatic heterocycles. The molecule has 1 aromatic rings. The van der Waals surface area contributed by atoms with Crippen molar-refractivity contribution in [1.82, 2.24) is 0 Å². The number of non-ortho nitro benzene ring substituents is 1. The van der Waals surface area contributed by atoms with Crippen molar-refractivity contribution in [2.75, 3.05) is 7.11 Å². The molecule has 0 unspecified atom stereocenters. The monoisotopic (exact) mass is 367 g/mol. The van der Waals surface area contributed by atoms with E-state index in [4.69, 9.17) is 5.11 Å². The zero-order valence-corrected chi connectivity index (χ0v) is 10.6. The van der Waals surface area contributed by atoms with Crippen LogP contribution in [0.2, 0.25) is 0 Å². The Morgan fingerprint density at radius 1 is 0.895 bits per heavy atom. The van der Waals surface area contributed by atoms with Crippen molar-refractivity contribution < 1.29 is 47.4 Å². The first kappa shape index (κ1) is 19.3. The van der Waals surface area contributed by atoms with Crippen LogP contribution in [-0.4, -0.2) is 27.0 Å². The second-order valence-corrected chi connectivity index (χ2v) is 2.58. The van der Waals surface area contributed by atoms with Gasteiger partial charge >= 0.3 is 22.4 Å². The number of benzene rings is 1. The summed E-state index contributed by atoms with van der Waals surface area (Å²) in [7, 11) is 1.00. The van der Waals surface area contributed by atoms with Crippen molar-refractivity contribution in [3.8, 4) is 5.75 Å². The molecule has 108 valence electrons. The molecular weight excluding hydrogens is 362 g/mol. The summed E-state index contributed by atoms with van der Waals surface area (Å²) in [5, 5.41) is 49.1. The number of hydrogen-bond acceptors (Lipinski definition) is 8. The van der Waals surface area contributed by atoms with Gasteiger partial charge < -0.3 is 10.2 Å². The van der Waals surface area contributed by atoms with Crippen molar-refractivity contribution in [2.45, 2.75) is 0 Å². The zero-order chi connectivity index (χ0) is 14.5. The molecule has 0 saturated carbocycles. The van der Waals surface area contributed by atoms with Crippen LogP contribution in [0.3, 0.4) is 0 Å². The fourth-order valence-corrected chi connectivity index (χ4v) is 0.961. The van der Waals surface area contributed by atoms with Gasteiger partial charge in [-0.2, -0.15) is 0 Å². The molecule has 12 heteroatoms. The Labute approximate surface area is 120 Å². The summed E-state index contributed by atoms with van der Waals surface area (Å²) in [4.78, 5) is 27.5. The van der Waals surface area contributed by atoms with Gasteiger partial charge in [0.1, 0.15) is 0 Å². The summed E-state index contributed by atoms with van der Waals surface area (Å²) in [5.41, 5.74) is -3.26. The van der Waals surface area contributed by atoms with Crippen molar-refractivity contribution in [3.05, 3.63) is 42.5 Å². The maximum atomic E-state index is 11.1. The number of aliphatic hydroxyl groups excluding tert-OH is 1. The van der Waals surface area contributed by atoms with E-state index in [9.17, 15) is 35.4 Å². The molecule has 0 radical (unpaired) electrons. The Morgan fingerprint density at radius 3 is 1.42 bits per heavy atom. The number of hydrogen-bond donors (Lipinski definition) is 1. The molecule has 0 spiro atoms. The Morgan fingerprint density at radius 2 is 1.21 bits per heavy atom. The third kappa shape index (κ3) is 4.59.